The smallest absolute Gasteiger partial charge is 0.0445 e. The van der Waals surface area contributed by atoms with Crippen LogP contribution in [0.5, 0.6) is 0 Å². The Bertz CT molecular complexity index is 338. The molecule has 0 fully saturated rings. The second-order valence-electron chi connectivity index (χ2n) is 3.45. The summed E-state index contributed by atoms with van der Waals surface area (Å²) >= 11 is 9.71. The lowest BCUT2D eigenvalue weighted by molar-refractivity contribution is 0.569. The third-order valence-electron chi connectivity index (χ3n) is 2.49. The molecule has 0 bridgehead atoms. The van der Waals surface area contributed by atoms with Gasteiger partial charge in [-0.05, 0) is 29.2 Å². The van der Waals surface area contributed by atoms with Gasteiger partial charge >= 0.3 is 0 Å². The first kappa shape index (κ1) is 9.50. The zero-order valence-corrected chi connectivity index (χ0v) is 9.74. The van der Waals surface area contributed by atoms with E-state index < -0.39 is 0 Å². The van der Waals surface area contributed by atoms with Gasteiger partial charge in [-0.3, -0.25) is 0 Å². The zero-order chi connectivity index (χ0) is 9.42. The minimum Gasteiger partial charge on any atom is -0.312 e. The van der Waals surface area contributed by atoms with Crippen LogP contribution < -0.4 is 5.32 Å². The van der Waals surface area contributed by atoms with Crippen molar-refractivity contribution in [3.8, 4) is 0 Å². The summed E-state index contributed by atoms with van der Waals surface area (Å²) in [6, 6.07) is 3.98. The van der Waals surface area contributed by atoms with E-state index in [2.05, 4.69) is 28.2 Å². The van der Waals surface area contributed by atoms with E-state index in [9.17, 15) is 0 Å². The summed E-state index contributed by atoms with van der Waals surface area (Å²) in [4.78, 5) is 0. The van der Waals surface area contributed by atoms with Gasteiger partial charge < -0.3 is 5.32 Å². The average Bonchev–Trinajstić information content (AvgIpc) is 2.12. The van der Waals surface area contributed by atoms with Crippen molar-refractivity contribution in [2.24, 2.45) is 0 Å². The van der Waals surface area contributed by atoms with Crippen LogP contribution in [0.3, 0.4) is 0 Å². The van der Waals surface area contributed by atoms with Crippen molar-refractivity contribution in [1.29, 1.82) is 0 Å². The Morgan fingerprint density at radius 2 is 2.31 bits per heavy atom. The summed E-state index contributed by atoms with van der Waals surface area (Å²) in [6.45, 7) is 4.13. The van der Waals surface area contributed by atoms with Gasteiger partial charge in [-0.15, -0.1) is 0 Å². The van der Waals surface area contributed by atoms with Gasteiger partial charge in [0.1, 0.15) is 0 Å². The molecule has 0 radical (unpaired) electrons. The largest absolute Gasteiger partial charge is 0.312 e. The van der Waals surface area contributed by atoms with Gasteiger partial charge in [-0.25, -0.2) is 0 Å². The Kier molecular flexibility index (Phi) is 2.63. The Morgan fingerprint density at radius 1 is 1.54 bits per heavy atom. The lowest BCUT2D eigenvalue weighted by Gasteiger charge is -2.25. The first-order valence-electron chi connectivity index (χ1n) is 4.37. The summed E-state index contributed by atoms with van der Waals surface area (Å²) in [7, 11) is 0. The van der Waals surface area contributed by atoms with E-state index in [0.717, 1.165) is 22.6 Å². The van der Waals surface area contributed by atoms with Crippen LogP contribution in [0.2, 0.25) is 5.02 Å². The number of halogens is 2. The lowest BCUT2D eigenvalue weighted by Crippen LogP contribution is -2.27. The molecule has 0 spiro atoms. The molecule has 1 aliphatic heterocycles. The fourth-order valence-electron chi connectivity index (χ4n) is 1.84. The van der Waals surface area contributed by atoms with Gasteiger partial charge in [-0.1, -0.05) is 34.5 Å². The maximum absolute atomic E-state index is 6.16. The van der Waals surface area contributed by atoms with Crippen LogP contribution in [-0.2, 0) is 6.54 Å². The zero-order valence-electron chi connectivity index (χ0n) is 7.40. The van der Waals surface area contributed by atoms with Crippen LogP contribution in [-0.4, -0.2) is 6.54 Å². The molecular formula is C10H11BrClN. The molecule has 1 atom stereocenters. The second kappa shape index (κ2) is 3.60. The molecule has 3 heteroatoms. The van der Waals surface area contributed by atoms with Gasteiger partial charge in [-0.2, -0.15) is 0 Å². The molecule has 1 aliphatic rings. The number of rotatable bonds is 0. The molecule has 1 aromatic carbocycles. The minimum atomic E-state index is 0.508. The summed E-state index contributed by atoms with van der Waals surface area (Å²) in [5.74, 6) is 0.508. The van der Waals surface area contributed by atoms with Crippen LogP contribution in [0.4, 0.5) is 0 Å². The highest BCUT2D eigenvalue weighted by molar-refractivity contribution is 9.10. The van der Waals surface area contributed by atoms with Crippen LogP contribution in [0.15, 0.2) is 16.6 Å². The minimum absolute atomic E-state index is 0.508. The predicted octanol–water partition coefficient (Wildman–Crippen LogP) is 3.31. The Morgan fingerprint density at radius 3 is 3.00 bits per heavy atom. The SMILES string of the molecule is CC1CNCc2c(Br)ccc(Cl)c21. The van der Waals surface area contributed by atoms with E-state index in [1.807, 2.05) is 12.1 Å². The number of hydrogen-bond donors (Lipinski definition) is 1. The van der Waals surface area contributed by atoms with E-state index in [0.29, 0.717) is 5.92 Å². The quantitative estimate of drug-likeness (QED) is 0.755. The first-order valence-corrected chi connectivity index (χ1v) is 5.54. The van der Waals surface area contributed by atoms with Crippen molar-refractivity contribution >= 4 is 27.5 Å². The van der Waals surface area contributed by atoms with Gasteiger partial charge in [0, 0.05) is 22.6 Å². The van der Waals surface area contributed by atoms with E-state index in [1.165, 1.54) is 11.1 Å². The van der Waals surface area contributed by atoms with Crippen LogP contribution in [0.1, 0.15) is 24.0 Å². The monoisotopic (exact) mass is 259 g/mol. The third-order valence-corrected chi connectivity index (χ3v) is 3.56. The Labute approximate surface area is 91.6 Å². The molecule has 1 aromatic rings. The van der Waals surface area contributed by atoms with Crippen LogP contribution in [0, 0.1) is 0 Å². The number of benzene rings is 1. The molecule has 1 nitrogen and oxygen atoms in total. The molecule has 0 amide bonds. The number of fused-ring (bicyclic) bond motifs is 1. The maximum atomic E-state index is 6.16. The number of nitrogens with one attached hydrogen (secondary N) is 1. The highest BCUT2D eigenvalue weighted by Gasteiger charge is 2.20. The lowest BCUT2D eigenvalue weighted by atomic mass is 9.92. The molecule has 0 saturated carbocycles. The molecule has 13 heavy (non-hydrogen) atoms. The fourth-order valence-corrected chi connectivity index (χ4v) is 2.69. The van der Waals surface area contributed by atoms with Gasteiger partial charge in [0.05, 0.1) is 0 Å². The van der Waals surface area contributed by atoms with Gasteiger partial charge in [0.25, 0.3) is 0 Å². The van der Waals surface area contributed by atoms with Crippen molar-refractivity contribution in [2.75, 3.05) is 6.54 Å². The molecule has 2 rings (SSSR count). The van der Waals surface area contributed by atoms with Crippen molar-refractivity contribution in [3.63, 3.8) is 0 Å². The van der Waals surface area contributed by atoms with Gasteiger partial charge in [0.2, 0.25) is 0 Å². The summed E-state index contributed by atoms with van der Waals surface area (Å²) in [6.07, 6.45) is 0. The normalized spacial score (nSPS) is 21.3. The second-order valence-corrected chi connectivity index (χ2v) is 4.71. The van der Waals surface area contributed by atoms with E-state index in [1.54, 1.807) is 0 Å². The first-order chi connectivity index (χ1) is 6.20. The molecule has 1 N–H and O–H groups in total. The topological polar surface area (TPSA) is 12.0 Å². The highest BCUT2D eigenvalue weighted by Crippen LogP contribution is 2.34. The molecule has 1 unspecified atom stereocenters. The van der Waals surface area contributed by atoms with E-state index in [4.69, 9.17) is 11.6 Å². The molecule has 0 aromatic heterocycles. The Hall–Kier alpha value is -0.0500. The van der Waals surface area contributed by atoms with Crippen LogP contribution in [0.25, 0.3) is 0 Å². The van der Waals surface area contributed by atoms with Crippen molar-refractivity contribution < 1.29 is 0 Å². The van der Waals surface area contributed by atoms with Crippen molar-refractivity contribution in [2.45, 2.75) is 19.4 Å². The van der Waals surface area contributed by atoms with Crippen molar-refractivity contribution in [3.05, 3.63) is 32.8 Å². The molecular weight excluding hydrogens is 249 g/mol. The highest BCUT2D eigenvalue weighted by atomic mass is 79.9. The fraction of sp³-hybridized carbons (Fsp3) is 0.400. The van der Waals surface area contributed by atoms with E-state index in [-0.39, 0.29) is 0 Å². The molecule has 0 saturated heterocycles. The third kappa shape index (κ3) is 1.63. The number of hydrogen-bond acceptors (Lipinski definition) is 1. The summed E-state index contributed by atoms with van der Waals surface area (Å²) in [5.41, 5.74) is 2.61. The summed E-state index contributed by atoms with van der Waals surface area (Å²) in [5, 5.41) is 4.27. The Balaban J connectivity index is 2.60. The van der Waals surface area contributed by atoms with Gasteiger partial charge in [0.15, 0.2) is 0 Å². The van der Waals surface area contributed by atoms with Crippen molar-refractivity contribution in [1.82, 2.24) is 5.32 Å². The van der Waals surface area contributed by atoms with Crippen LogP contribution >= 0.6 is 27.5 Å². The summed E-state index contributed by atoms with van der Waals surface area (Å²) < 4.78 is 1.16. The predicted molar refractivity (Wildman–Crippen MR) is 59.3 cm³/mol. The standard InChI is InChI=1S/C10H11BrClN/c1-6-4-13-5-7-8(11)2-3-9(12)10(6)7/h2-3,6,13H,4-5H2,1H3. The average molecular weight is 261 g/mol. The molecule has 0 aliphatic carbocycles. The molecule has 1 heterocycles. The maximum Gasteiger partial charge on any atom is 0.0445 e. The molecule has 70 valence electrons. The van der Waals surface area contributed by atoms with E-state index >= 15 is 0 Å².